The molecule has 0 aliphatic carbocycles. The Kier molecular flexibility index (Phi) is 6.22. The molecular formula is C19H20F2N2O2. The lowest BCUT2D eigenvalue weighted by molar-refractivity contribution is -0.123. The molecule has 0 fully saturated rings. The van der Waals surface area contributed by atoms with Gasteiger partial charge in [0.25, 0.3) is 5.91 Å². The Labute approximate surface area is 145 Å². The van der Waals surface area contributed by atoms with Crippen molar-refractivity contribution in [2.24, 2.45) is 5.10 Å². The summed E-state index contributed by atoms with van der Waals surface area (Å²) in [5.41, 5.74) is 4.16. The summed E-state index contributed by atoms with van der Waals surface area (Å²) in [5, 5.41) is 3.55. The Hall–Kier alpha value is -2.76. The van der Waals surface area contributed by atoms with Gasteiger partial charge >= 0.3 is 0 Å². The van der Waals surface area contributed by atoms with Gasteiger partial charge in [-0.3, -0.25) is 4.79 Å². The van der Waals surface area contributed by atoms with Crippen LogP contribution in [0, 0.1) is 18.6 Å². The number of hydrogen-bond acceptors (Lipinski definition) is 3. The number of amides is 1. The van der Waals surface area contributed by atoms with Crippen LogP contribution in [0.25, 0.3) is 0 Å². The second kappa shape index (κ2) is 8.37. The van der Waals surface area contributed by atoms with E-state index in [-0.39, 0.29) is 12.2 Å². The molecule has 25 heavy (non-hydrogen) atoms. The third-order valence-electron chi connectivity index (χ3n) is 3.62. The summed E-state index contributed by atoms with van der Waals surface area (Å²) in [5.74, 6) is -1.06. The number of ether oxygens (including phenoxy) is 1. The van der Waals surface area contributed by atoms with E-state index < -0.39 is 17.5 Å². The molecule has 0 aliphatic heterocycles. The second-order valence-corrected chi connectivity index (χ2v) is 5.89. The average molecular weight is 346 g/mol. The smallest absolute Gasteiger partial charge is 0.277 e. The monoisotopic (exact) mass is 346 g/mol. The van der Waals surface area contributed by atoms with E-state index in [1.165, 1.54) is 11.6 Å². The third-order valence-corrected chi connectivity index (χ3v) is 3.62. The largest absolute Gasteiger partial charge is 0.484 e. The van der Waals surface area contributed by atoms with Gasteiger partial charge < -0.3 is 4.74 Å². The minimum atomic E-state index is -0.755. The Morgan fingerprint density at radius 3 is 2.52 bits per heavy atom. The lowest BCUT2D eigenvalue weighted by Crippen LogP contribution is -2.24. The molecule has 0 saturated heterocycles. The van der Waals surface area contributed by atoms with Crippen molar-refractivity contribution in [1.82, 2.24) is 5.43 Å². The first kappa shape index (κ1) is 18.6. The lowest BCUT2D eigenvalue weighted by Gasteiger charge is -2.12. The molecule has 0 spiro atoms. The Bertz CT molecular complexity index is 769. The van der Waals surface area contributed by atoms with E-state index in [0.717, 1.165) is 23.9 Å². The molecule has 0 heterocycles. The fourth-order valence-electron chi connectivity index (χ4n) is 2.37. The van der Waals surface area contributed by atoms with Gasteiger partial charge in [-0.2, -0.15) is 5.10 Å². The van der Waals surface area contributed by atoms with Gasteiger partial charge in [-0.15, -0.1) is 0 Å². The van der Waals surface area contributed by atoms with Crippen molar-refractivity contribution >= 4 is 12.1 Å². The summed E-state index contributed by atoms with van der Waals surface area (Å²) in [6.45, 7) is 5.94. The number of halogens is 2. The average Bonchev–Trinajstić information content (AvgIpc) is 2.55. The van der Waals surface area contributed by atoms with Gasteiger partial charge in [-0.1, -0.05) is 26.0 Å². The summed E-state index contributed by atoms with van der Waals surface area (Å²) in [6.07, 6.45) is 0.921. The zero-order chi connectivity index (χ0) is 18.4. The van der Waals surface area contributed by atoms with Gasteiger partial charge in [0.2, 0.25) is 0 Å². The minimum absolute atomic E-state index is 0.252. The van der Waals surface area contributed by atoms with Gasteiger partial charge in [-0.25, -0.2) is 14.2 Å². The van der Waals surface area contributed by atoms with Crippen LogP contribution >= 0.6 is 0 Å². The van der Waals surface area contributed by atoms with Gasteiger partial charge in [0.15, 0.2) is 6.61 Å². The first-order valence-electron chi connectivity index (χ1n) is 7.87. The second-order valence-electron chi connectivity index (χ2n) is 5.89. The highest BCUT2D eigenvalue weighted by Crippen LogP contribution is 2.23. The Balaban J connectivity index is 1.89. The lowest BCUT2D eigenvalue weighted by atomic mass is 9.98. The van der Waals surface area contributed by atoms with E-state index in [1.54, 1.807) is 6.07 Å². The number of nitrogens with zero attached hydrogens (tertiary/aromatic N) is 1. The number of nitrogens with one attached hydrogen (secondary N) is 1. The number of rotatable bonds is 6. The molecule has 0 aliphatic rings. The summed E-state index contributed by atoms with van der Waals surface area (Å²) in [6, 6.07) is 9.10. The highest BCUT2D eigenvalue weighted by Gasteiger charge is 2.07. The molecule has 0 bridgehead atoms. The van der Waals surface area contributed by atoms with Crippen molar-refractivity contribution in [3.63, 3.8) is 0 Å². The van der Waals surface area contributed by atoms with Crippen LogP contribution in [0.1, 0.15) is 36.5 Å². The first-order chi connectivity index (χ1) is 11.9. The predicted octanol–water partition coefficient (Wildman–Crippen LogP) is 3.93. The van der Waals surface area contributed by atoms with Crippen molar-refractivity contribution in [1.29, 1.82) is 0 Å². The summed E-state index contributed by atoms with van der Waals surface area (Å²) in [7, 11) is 0. The molecule has 4 nitrogen and oxygen atoms in total. The first-order valence-corrected chi connectivity index (χ1v) is 7.87. The van der Waals surface area contributed by atoms with Crippen LogP contribution in [0.2, 0.25) is 0 Å². The molecule has 0 radical (unpaired) electrons. The third kappa shape index (κ3) is 5.11. The van der Waals surface area contributed by atoms with E-state index >= 15 is 0 Å². The SMILES string of the molecule is Cc1cc(OCC(=O)N/N=C/c2c(F)cccc2F)ccc1C(C)C. The van der Waals surface area contributed by atoms with Crippen molar-refractivity contribution in [2.75, 3.05) is 6.61 Å². The zero-order valence-electron chi connectivity index (χ0n) is 14.3. The van der Waals surface area contributed by atoms with Gasteiger partial charge in [0.05, 0.1) is 11.8 Å². The number of carbonyl (C=O) groups is 1. The standard InChI is InChI=1S/C19H20F2N2O2/c1-12(2)15-8-7-14(9-13(15)3)25-11-19(24)23-22-10-16-17(20)5-4-6-18(16)21/h4-10,12H,11H2,1-3H3,(H,23,24)/b22-10+. The van der Waals surface area contributed by atoms with Crippen molar-refractivity contribution in [2.45, 2.75) is 26.7 Å². The molecular weight excluding hydrogens is 326 g/mol. The van der Waals surface area contributed by atoms with E-state index in [1.807, 2.05) is 19.1 Å². The van der Waals surface area contributed by atoms with Gasteiger partial charge in [0.1, 0.15) is 17.4 Å². The predicted molar refractivity (Wildman–Crippen MR) is 92.9 cm³/mol. The van der Waals surface area contributed by atoms with Crippen LogP contribution in [-0.4, -0.2) is 18.7 Å². The topological polar surface area (TPSA) is 50.7 Å². The Morgan fingerprint density at radius 2 is 1.92 bits per heavy atom. The van der Waals surface area contributed by atoms with Crippen LogP contribution in [-0.2, 0) is 4.79 Å². The highest BCUT2D eigenvalue weighted by atomic mass is 19.1. The van der Waals surface area contributed by atoms with Crippen molar-refractivity contribution in [3.05, 3.63) is 64.7 Å². The molecule has 0 atom stereocenters. The van der Waals surface area contributed by atoms with E-state index in [0.29, 0.717) is 11.7 Å². The van der Waals surface area contributed by atoms with Crippen LogP contribution in [0.15, 0.2) is 41.5 Å². The highest BCUT2D eigenvalue weighted by molar-refractivity contribution is 5.83. The van der Waals surface area contributed by atoms with Gasteiger partial charge in [-0.05, 0) is 48.2 Å². The molecule has 2 aromatic carbocycles. The maximum atomic E-state index is 13.4. The number of hydrogen-bond donors (Lipinski definition) is 1. The molecule has 1 N–H and O–H groups in total. The molecule has 0 aromatic heterocycles. The fraction of sp³-hybridized carbons (Fsp3) is 0.263. The molecule has 2 aromatic rings. The van der Waals surface area contributed by atoms with E-state index in [4.69, 9.17) is 4.74 Å². The Morgan fingerprint density at radius 1 is 1.24 bits per heavy atom. The number of hydrazone groups is 1. The fourth-order valence-corrected chi connectivity index (χ4v) is 2.37. The molecule has 1 amide bonds. The number of benzene rings is 2. The number of carbonyl (C=O) groups excluding carboxylic acids is 1. The van der Waals surface area contributed by atoms with E-state index in [9.17, 15) is 13.6 Å². The maximum absolute atomic E-state index is 13.4. The van der Waals surface area contributed by atoms with E-state index in [2.05, 4.69) is 24.4 Å². The maximum Gasteiger partial charge on any atom is 0.277 e. The van der Waals surface area contributed by atoms with Crippen LogP contribution < -0.4 is 10.2 Å². The molecule has 0 saturated carbocycles. The van der Waals surface area contributed by atoms with Gasteiger partial charge in [0, 0.05) is 0 Å². The summed E-state index contributed by atoms with van der Waals surface area (Å²) >= 11 is 0. The molecule has 6 heteroatoms. The zero-order valence-corrected chi connectivity index (χ0v) is 14.3. The van der Waals surface area contributed by atoms with Crippen molar-refractivity contribution in [3.8, 4) is 5.75 Å². The quantitative estimate of drug-likeness (QED) is 0.636. The normalized spacial score (nSPS) is 11.1. The molecule has 0 unspecified atom stereocenters. The number of aryl methyl sites for hydroxylation is 1. The summed E-state index contributed by atoms with van der Waals surface area (Å²) in [4.78, 5) is 11.7. The van der Waals surface area contributed by atoms with Crippen LogP contribution in [0.3, 0.4) is 0 Å². The minimum Gasteiger partial charge on any atom is -0.484 e. The molecule has 2 rings (SSSR count). The van der Waals surface area contributed by atoms with Crippen molar-refractivity contribution < 1.29 is 18.3 Å². The van der Waals surface area contributed by atoms with Crippen LogP contribution in [0.5, 0.6) is 5.75 Å². The summed E-state index contributed by atoms with van der Waals surface area (Å²) < 4.78 is 32.2. The van der Waals surface area contributed by atoms with Crippen LogP contribution in [0.4, 0.5) is 8.78 Å². The molecule has 132 valence electrons.